The highest BCUT2D eigenvalue weighted by Gasteiger charge is 2.11. The van der Waals surface area contributed by atoms with Crippen molar-refractivity contribution in [2.75, 3.05) is 7.11 Å². The highest BCUT2D eigenvalue weighted by atomic mass is 19.1. The first kappa shape index (κ1) is 17.6. The largest absolute Gasteiger partial charge is 0.494 e. The first-order valence-corrected chi connectivity index (χ1v) is 7.59. The Bertz CT molecular complexity index is 446. The number of carbonyl (C=O) groups excluding carboxylic acids is 1. The standard InChI is InChI=1S/C17H25FO3/c1-3-4-5-6-14(19)12-15(20)9-7-13-8-10-16(18)17(11-13)21-2/h8,10-11,14,19H,3-7,9,12H2,1-2H3. The molecule has 0 fully saturated rings. The third kappa shape index (κ3) is 6.71. The molecule has 0 amide bonds. The molecule has 1 unspecified atom stereocenters. The maximum atomic E-state index is 13.3. The summed E-state index contributed by atoms with van der Waals surface area (Å²) in [5.74, 6) is -0.166. The molecule has 0 radical (unpaired) electrons. The Balaban J connectivity index is 2.35. The summed E-state index contributed by atoms with van der Waals surface area (Å²) in [5.41, 5.74) is 0.863. The van der Waals surface area contributed by atoms with Gasteiger partial charge >= 0.3 is 0 Å². The molecule has 0 aliphatic carbocycles. The van der Waals surface area contributed by atoms with Crippen molar-refractivity contribution in [3.05, 3.63) is 29.6 Å². The second kappa shape index (κ2) is 9.50. The number of aryl methyl sites for hydroxylation is 1. The van der Waals surface area contributed by atoms with Crippen LogP contribution in [0.3, 0.4) is 0 Å². The molecule has 0 aliphatic heterocycles. The van der Waals surface area contributed by atoms with Gasteiger partial charge in [0, 0.05) is 12.8 Å². The van der Waals surface area contributed by atoms with Crippen molar-refractivity contribution >= 4 is 5.78 Å². The molecule has 0 saturated heterocycles. The van der Waals surface area contributed by atoms with E-state index in [1.165, 1.54) is 13.2 Å². The number of halogens is 1. The average molecular weight is 296 g/mol. The Morgan fingerprint density at radius 3 is 2.81 bits per heavy atom. The van der Waals surface area contributed by atoms with E-state index in [9.17, 15) is 14.3 Å². The van der Waals surface area contributed by atoms with E-state index in [2.05, 4.69) is 6.92 Å². The van der Waals surface area contributed by atoms with Gasteiger partial charge in [-0.05, 0) is 30.5 Å². The number of benzene rings is 1. The number of unbranched alkanes of at least 4 members (excludes halogenated alkanes) is 2. The SMILES string of the molecule is CCCCCC(O)CC(=O)CCc1ccc(F)c(OC)c1. The molecule has 3 nitrogen and oxygen atoms in total. The smallest absolute Gasteiger partial charge is 0.165 e. The molecule has 1 aromatic carbocycles. The van der Waals surface area contributed by atoms with E-state index in [4.69, 9.17) is 4.74 Å². The Morgan fingerprint density at radius 1 is 1.38 bits per heavy atom. The highest BCUT2D eigenvalue weighted by molar-refractivity contribution is 5.79. The molecule has 0 aromatic heterocycles. The molecule has 0 aliphatic rings. The highest BCUT2D eigenvalue weighted by Crippen LogP contribution is 2.19. The van der Waals surface area contributed by atoms with E-state index < -0.39 is 11.9 Å². The number of hydrogen-bond donors (Lipinski definition) is 1. The second-order valence-electron chi connectivity index (χ2n) is 5.36. The van der Waals surface area contributed by atoms with Crippen LogP contribution in [-0.2, 0) is 11.2 Å². The van der Waals surface area contributed by atoms with Gasteiger partial charge in [-0.15, -0.1) is 0 Å². The number of hydrogen-bond acceptors (Lipinski definition) is 3. The van der Waals surface area contributed by atoms with E-state index >= 15 is 0 Å². The molecular weight excluding hydrogens is 271 g/mol. The lowest BCUT2D eigenvalue weighted by atomic mass is 10.0. The fourth-order valence-corrected chi connectivity index (χ4v) is 2.24. The van der Waals surface area contributed by atoms with Crippen LogP contribution in [0.25, 0.3) is 0 Å². The van der Waals surface area contributed by atoms with Crippen molar-refractivity contribution in [1.82, 2.24) is 0 Å². The number of carbonyl (C=O) groups is 1. The number of ether oxygens (including phenoxy) is 1. The number of aliphatic hydroxyl groups excluding tert-OH is 1. The predicted molar refractivity (Wildman–Crippen MR) is 81.0 cm³/mol. The maximum Gasteiger partial charge on any atom is 0.165 e. The van der Waals surface area contributed by atoms with Gasteiger partial charge in [0.15, 0.2) is 11.6 Å². The van der Waals surface area contributed by atoms with E-state index in [0.717, 1.165) is 24.8 Å². The summed E-state index contributed by atoms with van der Waals surface area (Å²) in [4.78, 5) is 11.8. The van der Waals surface area contributed by atoms with Gasteiger partial charge in [-0.2, -0.15) is 0 Å². The molecule has 0 spiro atoms. The zero-order chi connectivity index (χ0) is 15.7. The van der Waals surface area contributed by atoms with Crippen LogP contribution < -0.4 is 4.74 Å². The lowest BCUT2D eigenvalue weighted by molar-refractivity contribution is -0.121. The van der Waals surface area contributed by atoms with Crippen molar-refractivity contribution in [1.29, 1.82) is 0 Å². The van der Waals surface area contributed by atoms with Crippen molar-refractivity contribution in [3.63, 3.8) is 0 Å². The van der Waals surface area contributed by atoms with Gasteiger partial charge in [0.1, 0.15) is 5.78 Å². The van der Waals surface area contributed by atoms with Crippen LogP contribution in [0.15, 0.2) is 18.2 Å². The lowest BCUT2D eigenvalue weighted by Crippen LogP contribution is -2.13. The fourth-order valence-electron chi connectivity index (χ4n) is 2.24. The average Bonchev–Trinajstić information content (AvgIpc) is 2.46. The summed E-state index contributed by atoms with van der Waals surface area (Å²) in [6.07, 6.45) is 4.41. The van der Waals surface area contributed by atoms with E-state index in [1.807, 2.05) is 0 Å². The van der Waals surface area contributed by atoms with Crippen LogP contribution in [0.4, 0.5) is 4.39 Å². The number of rotatable bonds is 10. The van der Waals surface area contributed by atoms with Gasteiger partial charge < -0.3 is 9.84 Å². The third-order valence-corrected chi connectivity index (χ3v) is 3.51. The summed E-state index contributed by atoms with van der Waals surface area (Å²) >= 11 is 0. The van der Waals surface area contributed by atoms with Gasteiger partial charge in [-0.1, -0.05) is 32.3 Å². The van der Waals surface area contributed by atoms with Crippen molar-refractivity contribution < 1.29 is 19.0 Å². The van der Waals surface area contributed by atoms with Crippen molar-refractivity contribution in [3.8, 4) is 5.75 Å². The van der Waals surface area contributed by atoms with Crippen molar-refractivity contribution in [2.24, 2.45) is 0 Å². The Kier molecular flexibility index (Phi) is 7.98. The van der Waals surface area contributed by atoms with Gasteiger partial charge in [-0.25, -0.2) is 4.39 Å². The normalized spacial score (nSPS) is 12.2. The van der Waals surface area contributed by atoms with E-state index in [-0.39, 0.29) is 18.0 Å². The second-order valence-corrected chi connectivity index (χ2v) is 5.36. The van der Waals surface area contributed by atoms with Gasteiger partial charge in [0.2, 0.25) is 0 Å². The Labute approximate surface area is 126 Å². The summed E-state index contributed by atoms with van der Waals surface area (Å²) in [6, 6.07) is 4.61. The maximum absolute atomic E-state index is 13.3. The number of aliphatic hydroxyl groups is 1. The van der Waals surface area contributed by atoms with E-state index in [0.29, 0.717) is 19.3 Å². The first-order chi connectivity index (χ1) is 10.1. The molecule has 1 rings (SSSR count). The minimum Gasteiger partial charge on any atom is -0.494 e. The molecule has 1 atom stereocenters. The lowest BCUT2D eigenvalue weighted by Gasteiger charge is -2.09. The van der Waals surface area contributed by atoms with Crippen molar-refractivity contribution in [2.45, 2.75) is 58.0 Å². The molecule has 21 heavy (non-hydrogen) atoms. The number of Topliss-reactive ketones (excluding diaryl/α,β-unsaturated/α-hetero) is 1. The van der Waals surface area contributed by atoms with Crippen LogP contribution in [-0.4, -0.2) is 24.1 Å². The Hall–Kier alpha value is -1.42. The molecule has 4 heteroatoms. The van der Waals surface area contributed by atoms with Gasteiger partial charge in [0.05, 0.1) is 13.2 Å². The van der Waals surface area contributed by atoms with Crippen LogP contribution in [0, 0.1) is 5.82 Å². The molecule has 1 N–H and O–H groups in total. The third-order valence-electron chi connectivity index (χ3n) is 3.51. The van der Waals surface area contributed by atoms with Crippen LogP contribution in [0.5, 0.6) is 5.75 Å². The summed E-state index contributed by atoms with van der Waals surface area (Å²) < 4.78 is 18.2. The monoisotopic (exact) mass is 296 g/mol. The first-order valence-electron chi connectivity index (χ1n) is 7.59. The summed E-state index contributed by atoms with van der Waals surface area (Å²) in [5, 5.41) is 9.77. The predicted octanol–water partition coefficient (Wildman–Crippen LogP) is 3.67. The molecule has 0 heterocycles. The van der Waals surface area contributed by atoms with E-state index in [1.54, 1.807) is 12.1 Å². The topological polar surface area (TPSA) is 46.5 Å². The van der Waals surface area contributed by atoms with Gasteiger partial charge in [-0.3, -0.25) is 4.79 Å². The Morgan fingerprint density at radius 2 is 2.14 bits per heavy atom. The minimum atomic E-state index is -0.535. The quantitative estimate of drug-likeness (QED) is 0.670. The van der Waals surface area contributed by atoms with Crippen LogP contribution in [0.2, 0.25) is 0 Å². The zero-order valence-corrected chi connectivity index (χ0v) is 12.9. The molecule has 1 aromatic rings. The van der Waals surface area contributed by atoms with Gasteiger partial charge in [0.25, 0.3) is 0 Å². The molecular formula is C17H25FO3. The number of ketones is 1. The molecule has 0 bridgehead atoms. The fraction of sp³-hybridized carbons (Fsp3) is 0.588. The summed E-state index contributed by atoms with van der Waals surface area (Å²) in [7, 11) is 1.42. The number of methoxy groups -OCH3 is 1. The molecule has 0 saturated carbocycles. The van der Waals surface area contributed by atoms with Crippen LogP contribution in [0.1, 0.15) is 51.0 Å². The summed E-state index contributed by atoms with van der Waals surface area (Å²) in [6.45, 7) is 2.11. The zero-order valence-electron chi connectivity index (χ0n) is 12.9. The molecule has 118 valence electrons. The van der Waals surface area contributed by atoms with Crippen LogP contribution >= 0.6 is 0 Å². The minimum absolute atomic E-state index is 0.0438.